The molecule has 52 heavy (non-hydrogen) atoms. The van der Waals surface area contributed by atoms with E-state index in [9.17, 15) is 0 Å². The van der Waals surface area contributed by atoms with Gasteiger partial charge < -0.3 is 4.74 Å². The molecule has 0 amide bonds. The topological polar surface area (TPSA) is 9.23 Å². The molecule has 0 fully saturated rings. The Morgan fingerprint density at radius 3 is 1.81 bits per heavy atom. The van der Waals surface area contributed by atoms with Gasteiger partial charge >= 0.3 is 0 Å². The minimum Gasteiger partial charge on any atom is -0.456 e. The Bertz CT molecular complexity index is 2640. The van der Waals surface area contributed by atoms with Gasteiger partial charge in [0.1, 0.15) is 11.5 Å². The van der Waals surface area contributed by atoms with Crippen molar-refractivity contribution in [2.24, 2.45) is 0 Å². The van der Waals surface area contributed by atoms with Crippen LogP contribution < -0.4 is 4.74 Å². The second-order valence-corrected chi connectivity index (χ2v) is 18.7. The zero-order valence-corrected chi connectivity index (χ0v) is 32.8. The van der Waals surface area contributed by atoms with E-state index in [1.54, 1.807) is 25.1 Å². The van der Waals surface area contributed by atoms with E-state index in [0.717, 1.165) is 33.4 Å². The molecule has 2 heterocycles. The molecule has 6 aromatic carbocycles. The van der Waals surface area contributed by atoms with Gasteiger partial charge in [-0.3, -0.25) is 0 Å². The lowest BCUT2D eigenvalue weighted by molar-refractivity contribution is 0.419. The molecule has 0 aromatic heterocycles. The van der Waals surface area contributed by atoms with Crippen molar-refractivity contribution < 1.29 is 13.0 Å². The predicted octanol–water partition coefficient (Wildman–Crippen LogP) is 14.7. The third kappa shape index (κ3) is 5.46. The van der Waals surface area contributed by atoms with Crippen LogP contribution in [0.3, 0.4) is 0 Å². The molecule has 0 saturated heterocycles. The minimum atomic E-state index is -2.53. The lowest BCUT2D eigenvalue weighted by Crippen LogP contribution is -2.24. The van der Waals surface area contributed by atoms with E-state index in [-0.39, 0.29) is 15.1 Å². The second kappa shape index (κ2) is 12.5. The molecule has 2 aliphatic heterocycles. The number of hydrogen-bond acceptors (Lipinski definition) is 3. The largest absolute Gasteiger partial charge is 0.456 e. The number of aryl methyl sites for hydroxylation is 2. The van der Waals surface area contributed by atoms with Gasteiger partial charge in [-0.25, -0.2) is 0 Å². The summed E-state index contributed by atoms with van der Waals surface area (Å²) >= 11 is 3.80. The van der Waals surface area contributed by atoms with E-state index in [2.05, 4.69) is 96.1 Å². The molecular formula is C49H48OS2. The maximum atomic E-state index is 9.13. The Morgan fingerprint density at radius 1 is 0.519 bits per heavy atom. The van der Waals surface area contributed by atoms with Gasteiger partial charge in [-0.2, -0.15) is 0 Å². The second-order valence-electron chi connectivity index (χ2n) is 15.4. The van der Waals surface area contributed by atoms with Crippen LogP contribution in [0.25, 0.3) is 33.4 Å². The highest BCUT2D eigenvalue weighted by Gasteiger charge is 2.38. The number of thioether (sulfide) groups is 2. The zero-order valence-electron chi connectivity index (χ0n) is 37.1. The summed E-state index contributed by atoms with van der Waals surface area (Å²) in [7, 11) is 0. The minimum absolute atomic E-state index is 0.213. The summed E-state index contributed by atoms with van der Waals surface area (Å²) in [5, 5.41) is 0. The van der Waals surface area contributed by atoms with Crippen molar-refractivity contribution in [3.05, 3.63) is 154 Å². The summed E-state index contributed by atoms with van der Waals surface area (Å²) in [6.45, 7) is 12.1. The van der Waals surface area contributed by atoms with E-state index in [1.165, 1.54) is 20.9 Å². The number of benzene rings is 6. The van der Waals surface area contributed by atoms with Crippen molar-refractivity contribution in [3.63, 3.8) is 0 Å². The smallest absolute Gasteiger partial charge is 0.139 e. The Morgan fingerprint density at radius 2 is 1.10 bits per heavy atom. The molecule has 0 bridgehead atoms. The Kier molecular flexibility index (Phi) is 6.79. The van der Waals surface area contributed by atoms with Gasteiger partial charge in [0.05, 0.1) is 0 Å². The third-order valence-electron chi connectivity index (χ3n) is 11.0. The summed E-state index contributed by atoms with van der Waals surface area (Å²) in [5.74, 6) is 0.824. The van der Waals surface area contributed by atoms with Crippen LogP contribution in [0.15, 0.2) is 119 Å². The first-order chi connectivity index (χ1) is 27.2. The van der Waals surface area contributed by atoms with Crippen molar-refractivity contribution in [2.75, 3.05) is 0 Å². The molecule has 0 spiro atoms. The number of rotatable bonds is 3. The predicted molar refractivity (Wildman–Crippen MR) is 225 cm³/mol. The Labute approximate surface area is 327 Å². The van der Waals surface area contributed by atoms with Crippen molar-refractivity contribution in [1.29, 1.82) is 0 Å². The van der Waals surface area contributed by atoms with Gasteiger partial charge in [0, 0.05) is 49.6 Å². The van der Waals surface area contributed by atoms with Crippen LogP contribution in [0, 0.1) is 27.6 Å². The van der Waals surface area contributed by atoms with Gasteiger partial charge in [-0.15, -0.1) is 23.5 Å². The molecule has 3 heteroatoms. The standard InChI is InChI=1S/C49H48OS2/c1-29-25-27-33(31(3)43(29)35-17-15-21-39-45(35)50-41-23-13-11-19-37(41)47(39,5)6)34-28-26-30(2)44(32(34)4)36-18-16-22-40-46(36)52-48(7,8)38-20-12-14-24-42(38)51-49(40,9)10/h11-28H,1-10H3/i3D3,5D3. The number of hydrogen-bond donors (Lipinski definition) is 0. The van der Waals surface area contributed by atoms with Crippen molar-refractivity contribution in [1.82, 2.24) is 0 Å². The van der Waals surface area contributed by atoms with Gasteiger partial charge in [-0.1, -0.05) is 111 Å². The average Bonchev–Trinajstić information content (AvgIpc) is 3.14. The fourth-order valence-corrected chi connectivity index (χ4v) is 11.4. The van der Waals surface area contributed by atoms with Crippen LogP contribution in [0.2, 0.25) is 0 Å². The van der Waals surface area contributed by atoms with Gasteiger partial charge in [0.25, 0.3) is 0 Å². The van der Waals surface area contributed by atoms with Gasteiger partial charge in [0.15, 0.2) is 0 Å². The highest BCUT2D eigenvalue weighted by Crippen LogP contribution is 2.58. The highest BCUT2D eigenvalue weighted by atomic mass is 32.2. The summed E-state index contributed by atoms with van der Waals surface area (Å²) in [4.78, 5) is 2.52. The lowest BCUT2D eigenvalue weighted by Gasteiger charge is -2.38. The van der Waals surface area contributed by atoms with Crippen molar-refractivity contribution in [3.8, 4) is 44.9 Å². The van der Waals surface area contributed by atoms with Crippen LogP contribution in [0.4, 0.5) is 0 Å². The van der Waals surface area contributed by atoms with Gasteiger partial charge in [0.2, 0.25) is 0 Å². The fraction of sp³-hybridized carbons (Fsp3) is 0.265. The van der Waals surface area contributed by atoms with E-state index >= 15 is 0 Å². The van der Waals surface area contributed by atoms with Crippen molar-refractivity contribution in [2.45, 2.75) is 93.8 Å². The van der Waals surface area contributed by atoms with Crippen LogP contribution in [-0.2, 0) is 14.9 Å². The van der Waals surface area contributed by atoms with Crippen LogP contribution in [0.1, 0.15) is 94.2 Å². The monoisotopic (exact) mass is 722 g/mol. The molecule has 0 N–H and O–H groups in total. The quantitative estimate of drug-likeness (QED) is 0.180. The summed E-state index contributed by atoms with van der Waals surface area (Å²) in [5.41, 5.74) is 10.1. The summed E-state index contributed by atoms with van der Waals surface area (Å²) in [6, 6.07) is 36.2. The van der Waals surface area contributed by atoms with E-state index in [4.69, 9.17) is 13.0 Å². The van der Waals surface area contributed by atoms with Crippen molar-refractivity contribution >= 4 is 23.5 Å². The molecule has 1 atom stereocenters. The maximum absolute atomic E-state index is 9.13. The molecule has 1 nitrogen and oxygen atoms in total. The molecule has 1 unspecified atom stereocenters. The molecular weight excluding hydrogens is 669 g/mol. The van der Waals surface area contributed by atoms with E-state index in [1.807, 2.05) is 66.8 Å². The number of ether oxygens (including phenoxy) is 1. The van der Waals surface area contributed by atoms with E-state index < -0.39 is 19.1 Å². The molecule has 262 valence electrons. The highest BCUT2D eigenvalue weighted by molar-refractivity contribution is 8.02. The summed E-state index contributed by atoms with van der Waals surface area (Å²) < 4.78 is 59.9. The summed E-state index contributed by atoms with van der Waals surface area (Å²) in [6.07, 6.45) is 0. The zero-order chi connectivity index (χ0) is 41.7. The van der Waals surface area contributed by atoms with Crippen LogP contribution >= 0.6 is 23.5 Å². The number of para-hydroxylation sites is 2. The molecule has 2 aliphatic rings. The first-order valence-corrected chi connectivity index (χ1v) is 19.6. The maximum Gasteiger partial charge on any atom is 0.139 e. The molecule has 0 saturated carbocycles. The number of fused-ring (bicyclic) bond motifs is 4. The molecule has 0 aliphatic carbocycles. The lowest BCUT2D eigenvalue weighted by atomic mass is 9.74. The SMILES string of the molecule is [2H]C([2H])([2H])c1c(-c2ccc(C)c(-c3cccc4c3SC(C)(C)c3ccccc3SC4(C)C)c2C)ccc(C)c1-c1cccc2c1Oc1ccccc1C2(C)C([2H])([2H])[2H]. The van der Waals surface area contributed by atoms with Crippen LogP contribution in [-0.4, -0.2) is 0 Å². The molecule has 8 rings (SSSR count). The normalized spacial score (nSPS) is 20.4. The molecule has 6 aromatic rings. The Balaban J connectivity index is 1.36. The van der Waals surface area contributed by atoms with Crippen LogP contribution in [0.5, 0.6) is 11.5 Å². The Hall–Kier alpha value is -4.18. The van der Waals surface area contributed by atoms with E-state index in [0.29, 0.717) is 39.3 Å². The first kappa shape index (κ1) is 28.3. The van der Waals surface area contributed by atoms with Gasteiger partial charge in [-0.05, 0) is 129 Å². The molecule has 0 radical (unpaired) electrons. The third-order valence-corrected chi connectivity index (χ3v) is 13.7. The fourth-order valence-electron chi connectivity index (χ4n) is 8.30. The average molecular weight is 723 g/mol. The first-order valence-electron chi connectivity index (χ1n) is 20.9.